The summed E-state index contributed by atoms with van der Waals surface area (Å²) in [7, 11) is 0. The van der Waals surface area contributed by atoms with Gasteiger partial charge in [-0.25, -0.2) is 0 Å². The molecule has 74 valence electrons. The van der Waals surface area contributed by atoms with Crippen molar-refractivity contribution in [2.45, 2.75) is 52.4 Å². The molecule has 0 aliphatic carbocycles. The lowest BCUT2D eigenvalue weighted by Crippen LogP contribution is -2.46. The van der Waals surface area contributed by atoms with E-state index in [1.807, 2.05) is 20.8 Å². The molecule has 3 unspecified atom stereocenters. The minimum Gasteiger partial charge on any atom is -0.393 e. The molecule has 0 aromatic heterocycles. The summed E-state index contributed by atoms with van der Waals surface area (Å²) < 4.78 is 0. The highest BCUT2D eigenvalue weighted by molar-refractivity contribution is 4.84. The molecule has 0 rings (SSSR count). The summed E-state index contributed by atoms with van der Waals surface area (Å²) in [5.74, 6) is 0. The van der Waals surface area contributed by atoms with Crippen molar-refractivity contribution in [2.24, 2.45) is 11.1 Å². The van der Waals surface area contributed by atoms with Gasteiger partial charge < -0.3 is 15.9 Å². The van der Waals surface area contributed by atoms with Crippen LogP contribution < -0.4 is 5.73 Å². The fraction of sp³-hybridized carbons (Fsp3) is 1.00. The van der Waals surface area contributed by atoms with Crippen LogP contribution in [0.5, 0.6) is 0 Å². The van der Waals surface area contributed by atoms with Gasteiger partial charge in [-0.15, -0.1) is 0 Å². The Hall–Kier alpha value is -0.120. The molecule has 0 heterocycles. The lowest BCUT2D eigenvalue weighted by Gasteiger charge is -2.31. The second-order valence-electron chi connectivity index (χ2n) is 4.54. The first kappa shape index (κ1) is 11.9. The predicted octanol–water partition coefficient (Wildman–Crippen LogP) is 0.492. The Morgan fingerprint density at radius 1 is 1.25 bits per heavy atom. The topological polar surface area (TPSA) is 66.5 Å². The number of nitrogens with two attached hydrogens (primary N) is 1. The maximum absolute atomic E-state index is 9.54. The lowest BCUT2D eigenvalue weighted by atomic mass is 9.82. The van der Waals surface area contributed by atoms with Crippen LogP contribution >= 0.6 is 0 Å². The van der Waals surface area contributed by atoms with E-state index in [4.69, 9.17) is 10.8 Å². The van der Waals surface area contributed by atoms with Crippen LogP contribution in [0.2, 0.25) is 0 Å². The Balaban J connectivity index is 4.01. The second kappa shape index (κ2) is 4.21. The highest BCUT2D eigenvalue weighted by atomic mass is 16.3. The molecule has 0 saturated heterocycles. The average molecular weight is 175 g/mol. The normalized spacial score (nSPS) is 20.2. The molecule has 0 aliphatic heterocycles. The van der Waals surface area contributed by atoms with Crippen LogP contribution in [0.3, 0.4) is 0 Å². The Morgan fingerprint density at radius 2 is 1.67 bits per heavy atom. The summed E-state index contributed by atoms with van der Waals surface area (Å²) >= 11 is 0. The van der Waals surface area contributed by atoms with Crippen LogP contribution in [0.25, 0.3) is 0 Å². The zero-order valence-corrected chi connectivity index (χ0v) is 8.41. The fourth-order valence-corrected chi connectivity index (χ4v) is 1.07. The molecular weight excluding hydrogens is 154 g/mol. The Labute approximate surface area is 74.6 Å². The minimum atomic E-state index is -0.620. The van der Waals surface area contributed by atoms with Crippen LogP contribution in [0.1, 0.15) is 34.1 Å². The van der Waals surface area contributed by atoms with Gasteiger partial charge in [-0.1, -0.05) is 20.8 Å². The van der Waals surface area contributed by atoms with Gasteiger partial charge in [-0.05, 0) is 12.3 Å². The first-order chi connectivity index (χ1) is 5.25. The SMILES string of the molecule is CC(O)CC(O)C(N)C(C)(C)C. The van der Waals surface area contributed by atoms with Gasteiger partial charge in [0.2, 0.25) is 0 Å². The summed E-state index contributed by atoms with van der Waals surface area (Å²) in [5.41, 5.74) is 5.66. The zero-order chi connectivity index (χ0) is 9.94. The molecular formula is C9H21NO2. The summed E-state index contributed by atoms with van der Waals surface area (Å²) in [6.45, 7) is 7.58. The molecule has 0 fully saturated rings. The monoisotopic (exact) mass is 175 g/mol. The van der Waals surface area contributed by atoms with Crippen LogP contribution in [0.15, 0.2) is 0 Å². The molecule has 0 aromatic rings. The highest BCUT2D eigenvalue weighted by Gasteiger charge is 2.27. The quantitative estimate of drug-likeness (QED) is 0.585. The molecule has 0 aromatic carbocycles. The van der Waals surface area contributed by atoms with Gasteiger partial charge in [-0.2, -0.15) is 0 Å². The van der Waals surface area contributed by atoms with Crippen molar-refractivity contribution >= 4 is 0 Å². The Morgan fingerprint density at radius 3 is 1.92 bits per heavy atom. The molecule has 12 heavy (non-hydrogen) atoms. The molecule has 0 aliphatic rings. The molecule has 4 N–H and O–H groups in total. The van der Waals surface area contributed by atoms with Crippen LogP contribution in [0, 0.1) is 5.41 Å². The van der Waals surface area contributed by atoms with Gasteiger partial charge in [0.25, 0.3) is 0 Å². The molecule has 3 nitrogen and oxygen atoms in total. The number of aliphatic hydroxyl groups excluding tert-OH is 2. The summed E-state index contributed by atoms with van der Waals surface area (Å²) in [6.07, 6.45) is -0.767. The predicted molar refractivity (Wildman–Crippen MR) is 49.7 cm³/mol. The van der Waals surface area contributed by atoms with Gasteiger partial charge >= 0.3 is 0 Å². The lowest BCUT2D eigenvalue weighted by molar-refractivity contribution is 0.0444. The molecule has 3 heteroatoms. The fourth-order valence-electron chi connectivity index (χ4n) is 1.07. The molecule has 0 saturated carbocycles. The molecule has 0 radical (unpaired) electrons. The van der Waals surface area contributed by atoms with Gasteiger partial charge in [0.15, 0.2) is 0 Å². The largest absolute Gasteiger partial charge is 0.393 e. The first-order valence-corrected chi connectivity index (χ1v) is 4.37. The number of aliphatic hydroxyl groups is 2. The summed E-state index contributed by atoms with van der Waals surface area (Å²) in [5, 5.41) is 18.6. The van der Waals surface area contributed by atoms with Crippen molar-refractivity contribution in [1.29, 1.82) is 0 Å². The van der Waals surface area contributed by atoms with E-state index < -0.39 is 12.2 Å². The second-order valence-corrected chi connectivity index (χ2v) is 4.54. The van der Waals surface area contributed by atoms with E-state index in [0.717, 1.165) is 0 Å². The molecule has 0 spiro atoms. The number of hydrogen-bond donors (Lipinski definition) is 3. The van der Waals surface area contributed by atoms with Crippen molar-refractivity contribution in [2.75, 3.05) is 0 Å². The minimum absolute atomic E-state index is 0.117. The van der Waals surface area contributed by atoms with Crippen molar-refractivity contribution in [3.05, 3.63) is 0 Å². The third-order valence-corrected chi connectivity index (χ3v) is 2.00. The maximum atomic E-state index is 9.54. The number of hydrogen-bond acceptors (Lipinski definition) is 3. The van der Waals surface area contributed by atoms with Gasteiger partial charge in [0.05, 0.1) is 12.2 Å². The van der Waals surface area contributed by atoms with E-state index in [9.17, 15) is 5.11 Å². The van der Waals surface area contributed by atoms with Gasteiger partial charge in [-0.3, -0.25) is 0 Å². The smallest absolute Gasteiger partial charge is 0.0720 e. The van der Waals surface area contributed by atoms with Crippen LogP contribution in [-0.4, -0.2) is 28.5 Å². The van der Waals surface area contributed by atoms with Crippen molar-refractivity contribution < 1.29 is 10.2 Å². The van der Waals surface area contributed by atoms with E-state index >= 15 is 0 Å². The number of rotatable bonds is 3. The summed E-state index contributed by atoms with van der Waals surface area (Å²) in [4.78, 5) is 0. The molecule has 0 bridgehead atoms. The van der Waals surface area contributed by atoms with Crippen LogP contribution in [0.4, 0.5) is 0 Å². The Kier molecular flexibility index (Phi) is 4.17. The van der Waals surface area contributed by atoms with Crippen molar-refractivity contribution in [1.82, 2.24) is 0 Å². The third kappa shape index (κ3) is 4.04. The van der Waals surface area contributed by atoms with E-state index in [1.54, 1.807) is 6.92 Å². The van der Waals surface area contributed by atoms with E-state index in [-0.39, 0.29) is 11.5 Å². The first-order valence-electron chi connectivity index (χ1n) is 4.37. The van der Waals surface area contributed by atoms with Crippen LogP contribution in [-0.2, 0) is 0 Å². The standard InChI is InChI=1S/C9H21NO2/c1-6(11)5-7(12)8(10)9(2,3)4/h6-8,11-12H,5,10H2,1-4H3. The Bertz CT molecular complexity index is 129. The van der Waals surface area contributed by atoms with E-state index in [1.165, 1.54) is 0 Å². The van der Waals surface area contributed by atoms with Crippen molar-refractivity contribution in [3.8, 4) is 0 Å². The van der Waals surface area contributed by atoms with E-state index in [2.05, 4.69) is 0 Å². The van der Waals surface area contributed by atoms with Gasteiger partial charge in [0.1, 0.15) is 0 Å². The third-order valence-electron chi connectivity index (χ3n) is 2.00. The molecule has 0 amide bonds. The highest BCUT2D eigenvalue weighted by Crippen LogP contribution is 2.21. The van der Waals surface area contributed by atoms with Gasteiger partial charge in [0, 0.05) is 12.5 Å². The maximum Gasteiger partial charge on any atom is 0.0720 e. The molecule has 3 atom stereocenters. The summed E-state index contributed by atoms with van der Waals surface area (Å²) in [6, 6.07) is -0.285. The van der Waals surface area contributed by atoms with E-state index in [0.29, 0.717) is 6.42 Å². The average Bonchev–Trinajstić information content (AvgIpc) is 1.82. The van der Waals surface area contributed by atoms with Crippen molar-refractivity contribution in [3.63, 3.8) is 0 Å². The zero-order valence-electron chi connectivity index (χ0n) is 8.41.